The van der Waals surface area contributed by atoms with Gasteiger partial charge in [0.25, 0.3) is 0 Å². The SMILES string of the molecule is CCC(C=Cc1ccc(C(O)O)cc1)(CC)c1ccc(C=CC(O)C(C)(C)C)c(C)c1. The maximum atomic E-state index is 10.3. The van der Waals surface area contributed by atoms with Crippen LogP contribution < -0.4 is 0 Å². The average Bonchev–Trinajstić information content (AvgIpc) is 2.73. The summed E-state index contributed by atoms with van der Waals surface area (Å²) in [5, 5.41) is 28.8. The monoisotopic (exact) mass is 422 g/mol. The lowest BCUT2D eigenvalue weighted by Crippen LogP contribution is -2.23. The predicted octanol–water partition coefficient (Wildman–Crippen LogP) is 6.17. The number of aliphatic hydroxyl groups is 3. The number of benzene rings is 2. The van der Waals surface area contributed by atoms with E-state index in [-0.39, 0.29) is 10.8 Å². The molecule has 0 saturated heterocycles. The largest absolute Gasteiger partial charge is 0.388 e. The first-order valence-corrected chi connectivity index (χ1v) is 11.1. The highest BCUT2D eigenvalue weighted by atomic mass is 16.5. The second-order valence-corrected chi connectivity index (χ2v) is 9.48. The van der Waals surface area contributed by atoms with Crippen molar-refractivity contribution in [3.8, 4) is 0 Å². The van der Waals surface area contributed by atoms with E-state index in [0.717, 1.165) is 24.0 Å². The number of allylic oxidation sites excluding steroid dienone is 1. The standard InChI is InChI=1S/C28H38O3/c1-7-28(8-2,18-17-21-9-11-23(12-10-21)26(30)31)24-15-13-22(20(3)19-24)14-16-25(29)27(4,5)6/h9-19,25-26,29-31H,7-8H2,1-6H3. The maximum Gasteiger partial charge on any atom is 0.178 e. The minimum absolute atomic E-state index is 0.0763. The molecule has 3 heteroatoms. The zero-order chi connectivity index (χ0) is 23.2. The Kier molecular flexibility index (Phi) is 8.41. The van der Waals surface area contributed by atoms with Gasteiger partial charge in [0.1, 0.15) is 0 Å². The van der Waals surface area contributed by atoms with Crippen molar-refractivity contribution in [1.82, 2.24) is 0 Å². The molecule has 3 nitrogen and oxygen atoms in total. The van der Waals surface area contributed by atoms with Crippen LogP contribution in [0, 0.1) is 12.3 Å². The summed E-state index contributed by atoms with van der Waals surface area (Å²) in [5.74, 6) is 0. The van der Waals surface area contributed by atoms with E-state index in [2.05, 4.69) is 51.1 Å². The van der Waals surface area contributed by atoms with Gasteiger partial charge >= 0.3 is 0 Å². The molecule has 1 atom stereocenters. The third-order valence-corrected chi connectivity index (χ3v) is 6.28. The minimum Gasteiger partial charge on any atom is -0.388 e. The van der Waals surface area contributed by atoms with Crippen LogP contribution >= 0.6 is 0 Å². The molecule has 0 fully saturated rings. The first-order chi connectivity index (χ1) is 14.5. The van der Waals surface area contributed by atoms with Crippen molar-refractivity contribution in [3.63, 3.8) is 0 Å². The van der Waals surface area contributed by atoms with E-state index in [1.807, 2.05) is 45.1 Å². The van der Waals surface area contributed by atoms with Crippen LogP contribution in [0.15, 0.2) is 54.6 Å². The van der Waals surface area contributed by atoms with Gasteiger partial charge in [0, 0.05) is 11.0 Å². The third kappa shape index (κ3) is 6.39. The van der Waals surface area contributed by atoms with Crippen LogP contribution in [0.3, 0.4) is 0 Å². The summed E-state index contributed by atoms with van der Waals surface area (Å²) in [4.78, 5) is 0. The molecule has 2 rings (SSSR count). The van der Waals surface area contributed by atoms with Gasteiger partial charge in [0.05, 0.1) is 6.10 Å². The normalized spacial score (nSPS) is 14.1. The van der Waals surface area contributed by atoms with Gasteiger partial charge in [-0.15, -0.1) is 0 Å². The first kappa shape index (κ1) is 25.1. The average molecular weight is 423 g/mol. The highest BCUT2D eigenvalue weighted by molar-refractivity contribution is 5.57. The van der Waals surface area contributed by atoms with Crippen molar-refractivity contribution in [1.29, 1.82) is 0 Å². The van der Waals surface area contributed by atoms with Gasteiger partial charge in [-0.3, -0.25) is 0 Å². The van der Waals surface area contributed by atoms with Crippen molar-refractivity contribution in [3.05, 3.63) is 82.4 Å². The number of rotatable bonds is 8. The van der Waals surface area contributed by atoms with Crippen molar-refractivity contribution in [2.75, 3.05) is 0 Å². The predicted molar refractivity (Wildman–Crippen MR) is 131 cm³/mol. The van der Waals surface area contributed by atoms with E-state index in [1.165, 1.54) is 11.1 Å². The Labute approximate surface area is 187 Å². The van der Waals surface area contributed by atoms with E-state index in [0.29, 0.717) is 5.56 Å². The molecule has 0 radical (unpaired) electrons. The molecule has 168 valence electrons. The molecule has 1 unspecified atom stereocenters. The molecule has 0 spiro atoms. The van der Waals surface area contributed by atoms with Gasteiger partial charge in [0.2, 0.25) is 0 Å². The smallest absolute Gasteiger partial charge is 0.178 e. The molecule has 0 aliphatic heterocycles. The Balaban J connectivity index is 2.31. The van der Waals surface area contributed by atoms with Crippen LogP contribution in [0.1, 0.15) is 81.6 Å². The highest BCUT2D eigenvalue weighted by Crippen LogP contribution is 2.35. The molecule has 0 amide bonds. The van der Waals surface area contributed by atoms with E-state index in [4.69, 9.17) is 0 Å². The molecular formula is C28H38O3. The molecule has 0 aliphatic carbocycles. The Morgan fingerprint density at radius 2 is 1.48 bits per heavy atom. The summed E-state index contributed by atoms with van der Waals surface area (Å²) >= 11 is 0. The Morgan fingerprint density at radius 1 is 0.871 bits per heavy atom. The van der Waals surface area contributed by atoms with Crippen LogP contribution in [0.2, 0.25) is 0 Å². The van der Waals surface area contributed by atoms with Crippen LogP contribution in [0.5, 0.6) is 0 Å². The Morgan fingerprint density at radius 3 is 1.97 bits per heavy atom. The summed E-state index contributed by atoms with van der Waals surface area (Å²) < 4.78 is 0. The Hall–Kier alpha value is -2.20. The van der Waals surface area contributed by atoms with Gasteiger partial charge in [0.15, 0.2) is 6.29 Å². The molecule has 31 heavy (non-hydrogen) atoms. The summed E-state index contributed by atoms with van der Waals surface area (Å²) in [6, 6.07) is 13.9. The molecular weight excluding hydrogens is 384 g/mol. The van der Waals surface area contributed by atoms with E-state index in [1.54, 1.807) is 12.1 Å². The highest BCUT2D eigenvalue weighted by Gasteiger charge is 2.26. The summed E-state index contributed by atoms with van der Waals surface area (Å²) in [6.07, 6.45) is 8.30. The molecule has 2 aromatic carbocycles. The molecule has 3 N–H and O–H groups in total. The number of aliphatic hydroxyl groups excluding tert-OH is 2. The molecule has 0 bridgehead atoms. The minimum atomic E-state index is -1.44. The summed E-state index contributed by atoms with van der Waals surface area (Å²) in [5.41, 5.74) is 4.86. The fourth-order valence-electron chi connectivity index (χ4n) is 3.68. The van der Waals surface area contributed by atoms with Crippen molar-refractivity contribution in [2.45, 2.75) is 72.2 Å². The van der Waals surface area contributed by atoms with Gasteiger partial charge < -0.3 is 15.3 Å². The molecule has 0 aromatic heterocycles. The van der Waals surface area contributed by atoms with E-state index >= 15 is 0 Å². The zero-order valence-corrected chi connectivity index (χ0v) is 19.8. The molecule has 0 saturated carbocycles. The Bertz CT molecular complexity index is 895. The van der Waals surface area contributed by atoms with Crippen LogP contribution in [0.25, 0.3) is 12.2 Å². The quantitative estimate of drug-likeness (QED) is 0.446. The molecule has 2 aromatic rings. The topological polar surface area (TPSA) is 60.7 Å². The van der Waals surface area contributed by atoms with Crippen molar-refractivity contribution < 1.29 is 15.3 Å². The van der Waals surface area contributed by atoms with E-state index in [9.17, 15) is 15.3 Å². The second-order valence-electron chi connectivity index (χ2n) is 9.48. The second kappa shape index (κ2) is 10.4. The van der Waals surface area contributed by atoms with Crippen LogP contribution in [0.4, 0.5) is 0 Å². The van der Waals surface area contributed by atoms with Gasteiger partial charge in [-0.1, -0.05) is 101 Å². The molecule has 0 aliphatic rings. The maximum absolute atomic E-state index is 10.3. The molecule has 0 heterocycles. The number of aryl methyl sites for hydroxylation is 1. The van der Waals surface area contributed by atoms with Crippen molar-refractivity contribution in [2.24, 2.45) is 5.41 Å². The van der Waals surface area contributed by atoms with Gasteiger partial charge in [-0.25, -0.2) is 0 Å². The summed E-state index contributed by atoms with van der Waals surface area (Å²) in [6.45, 7) is 12.6. The lowest BCUT2D eigenvalue weighted by Gasteiger charge is -2.30. The van der Waals surface area contributed by atoms with E-state index < -0.39 is 12.4 Å². The van der Waals surface area contributed by atoms with Crippen LogP contribution in [-0.4, -0.2) is 21.4 Å². The van der Waals surface area contributed by atoms with Crippen LogP contribution in [-0.2, 0) is 5.41 Å². The number of hydrogen-bond donors (Lipinski definition) is 3. The van der Waals surface area contributed by atoms with Crippen molar-refractivity contribution >= 4 is 12.2 Å². The lowest BCUT2D eigenvalue weighted by molar-refractivity contribution is -0.0424. The third-order valence-electron chi connectivity index (χ3n) is 6.28. The zero-order valence-electron chi connectivity index (χ0n) is 19.8. The van der Waals surface area contributed by atoms with Gasteiger partial charge in [-0.05, 0) is 47.4 Å². The first-order valence-electron chi connectivity index (χ1n) is 11.1. The lowest BCUT2D eigenvalue weighted by atomic mass is 9.74. The van der Waals surface area contributed by atoms with Gasteiger partial charge in [-0.2, -0.15) is 0 Å². The fraction of sp³-hybridized carbons (Fsp3) is 0.429. The number of hydrogen-bond acceptors (Lipinski definition) is 3. The fourth-order valence-corrected chi connectivity index (χ4v) is 3.68. The summed E-state index contributed by atoms with van der Waals surface area (Å²) in [7, 11) is 0.